The summed E-state index contributed by atoms with van der Waals surface area (Å²) in [5.74, 6) is -0.154. The van der Waals surface area contributed by atoms with Gasteiger partial charge in [0.2, 0.25) is 0 Å². The lowest BCUT2D eigenvalue weighted by molar-refractivity contribution is -0.151. The number of methoxy groups -OCH3 is 1. The average molecular weight is 215 g/mol. The van der Waals surface area contributed by atoms with Gasteiger partial charge in [0.1, 0.15) is 6.10 Å². The minimum absolute atomic E-state index is 0.0508. The minimum Gasteiger partial charge on any atom is -0.461 e. The second kappa shape index (κ2) is 6.80. The highest BCUT2D eigenvalue weighted by Gasteiger charge is 2.24. The highest BCUT2D eigenvalue weighted by atomic mass is 16.5. The van der Waals surface area contributed by atoms with E-state index in [1.54, 1.807) is 7.11 Å². The summed E-state index contributed by atoms with van der Waals surface area (Å²) in [7, 11) is 1.72. The van der Waals surface area contributed by atoms with E-state index in [-0.39, 0.29) is 18.2 Å². The summed E-state index contributed by atoms with van der Waals surface area (Å²) >= 11 is 0. The highest BCUT2D eigenvalue weighted by molar-refractivity contribution is 5.71. The van der Waals surface area contributed by atoms with Crippen LogP contribution in [0.4, 0.5) is 0 Å². The van der Waals surface area contributed by atoms with Crippen LogP contribution in [0.2, 0.25) is 0 Å². The highest BCUT2D eigenvalue weighted by Crippen LogP contribution is 2.22. The van der Waals surface area contributed by atoms with Gasteiger partial charge in [-0.3, -0.25) is 4.79 Å². The maximum atomic E-state index is 11.3. The van der Waals surface area contributed by atoms with Gasteiger partial charge in [-0.2, -0.15) is 0 Å². The Hall–Kier alpha value is -0.610. The molecule has 2 unspecified atom stereocenters. The van der Waals surface area contributed by atoms with E-state index in [1.165, 1.54) is 0 Å². The number of carbonyl (C=O) groups is 1. The summed E-state index contributed by atoms with van der Waals surface area (Å²) in [6, 6.07) is 0. The van der Waals surface area contributed by atoms with Crippen LogP contribution in [0, 0.1) is 0 Å². The Kier molecular flexibility index (Phi) is 5.65. The third-order valence-corrected chi connectivity index (χ3v) is 2.73. The topological polar surface area (TPSA) is 47.6 Å². The van der Waals surface area contributed by atoms with Gasteiger partial charge in [0, 0.05) is 13.5 Å². The first-order valence-electron chi connectivity index (χ1n) is 5.69. The summed E-state index contributed by atoms with van der Waals surface area (Å²) < 4.78 is 10.6. The maximum Gasteiger partial charge on any atom is 0.320 e. The van der Waals surface area contributed by atoms with E-state index in [0.29, 0.717) is 6.54 Å². The Morgan fingerprint density at radius 2 is 2.13 bits per heavy atom. The number of esters is 1. The maximum absolute atomic E-state index is 11.3. The van der Waals surface area contributed by atoms with E-state index < -0.39 is 0 Å². The second-order valence-corrected chi connectivity index (χ2v) is 3.92. The molecule has 0 heterocycles. The van der Waals surface area contributed by atoms with E-state index in [4.69, 9.17) is 9.47 Å². The molecule has 1 rings (SSSR count). The van der Waals surface area contributed by atoms with E-state index in [0.717, 1.165) is 32.2 Å². The van der Waals surface area contributed by atoms with Crippen molar-refractivity contribution >= 4 is 5.97 Å². The Morgan fingerprint density at radius 1 is 1.40 bits per heavy atom. The lowest BCUT2D eigenvalue weighted by atomic mass is 9.95. The van der Waals surface area contributed by atoms with Crippen LogP contribution in [0.25, 0.3) is 0 Å². The van der Waals surface area contributed by atoms with Gasteiger partial charge in [0.15, 0.2) is 0 Å². The van der Waals surface area contributed by atoms with Gasteiger partial charge in [-0.15, -0.1) is 0 Å². The van der Waals surface area contributed by atoms with Gasteiger partial charge in [0.25, 0.3) is 0 Å². The predicted octanol–water partition coefficient (Wildman–Crippen LogP) is 1.10. The van der Waals surface area contributed by atoms with Crippen molar-refractivity contribution in [2.24, 2.45) is 0 Å². The smallest absolute Gasteiger partial charge is 0.320 e. The second-order valence-electron chi connectivity index (χ2n) is 3.92. The zero-order valence-electron chi connectivity index (χ0n) is 9.62. The number of hydrogen-bond donors (Lipinski definition) is 1. The van der Waals surface area contributed by atoms with Crippen molar-refractivity contribution < 1.29 is 14.3 Å². The Morgan fingerprint density at radius 3 is 2.80 bits per heavy atom. The monoisotopic (exact) mass is 215 g/mol. The standard InChI is InChI=1S/C11H21NO3/c1-3-12-8-11(13)15-10-6-4-5-9(7-10)14-2/h9-10,12H,3-8H2,1-2H3. The zero-order chi connectivity index (χ0) is 11.1. The number of nitrogens with one attached hydrogen (secondary N) is 1. The molecule has 0 spiro atoms. The lowest BCUT2D eigenvalue weighted by Crippen LogP contribution is -2.33. The Balaban J connectivity index is 2.22. The fourth-order valence-electron chi connectivity index (χ4n) is 1.88. The summed E-state index contributed by atoms with van der Waals surface area (Å²) in [5.41, 5.74) is 0. The van der Waals surface area contributed by atoms with E-state index in [9.17, 15) is 4.79 Å². The summed E-state index contributed by atoms with van der Waals surface area (Å²) in [5, 5.41) is 2.96. The molecule has 0 saturated heterocycles. The van der Waals surface area contributed by atoms with Crippen molar-refractivity contribution in [3.8, 4) is 0 Å². The third-order valence-electron chi connectivity index (χ3n) is 2.73. The SMILES string of the molecule is CCNCC(=O)OC1CCCC(OC)C1. The first-order valence-corrected chi connectivity index (χ1v) is 5.69. The van der Waals surface area contributed by atoms with Crippen LogP contribution in [-0.2, 0) is 14.3 Å². The van der Waals surface area contributed by atoms with Crippen molar-refractivity contribution in [1.29, 1.82) is 0 Å². The van der Waals surface area contributed by atoms with Crippen molar-refractivity contribution in [2.45, 2.75) is 44.8 Å². The number of carbonyl (C=O) groups excluding carboxylic acids is 1. The molecule has 0 aromatic rings. The molecule has 1 saturated carbocycles. The van der Waals surface area contributed by atoms with Crippen LogP contribution in [0.1, 0.15) is 32.6 Å². The van der Waals surface area contributed by atoms with E-state index >= 15 is 0 Å². The van der Waals surface area contributed by atoms with Gasteiger partial charge in [-0.25, -0.2) is 0 Å². The van der Waals surface area contributed by atoms with E-state index in [1.807, 2.05) is 6.92 Å². The molecule has 0 radical (unpaired) electrons. The van der Waals surface area contributed by atoms with Crippen molar-refractivity contribution in [1.82, 2.24) is 5.32 Å². The van der Waals surface area contributed by atoms with Crippen LogP contribution in [0.3, 0.4) is 0 Å². The Labute approximate surface area is 91.3 Å². The molecular weight excluding hydrogens is 194 g/mol. The molecule has 15 heavy (non-hydrogen) atoms. The first-order chi connectivity index (χ1) is 7.26. The predicted molar refractivity (Wildman–Crippen MR) is 57.7 cm³/mol. The normalized spacial score (nSPS) is 26.3. The molecule has 0 aliphatic heterocycles. The minimum atomic E-state index is -0.154. The fraction of sp³-hybridized carbons (Fsp3) is 0.909. The molecule has 4 heteroatoms. The molecule has 0 amide bonds. The summed E-state index contributed by atoms with van der Waals surface area (Å²) in [4.78, 5) is 11.3. The first kappa shape index (κ1) is 12.5. The largest absolute Gasteiger partial charge is 0.461 e. The Bertz CT molecular complexity index is 196. The number of rotatable bonds is 5. The molecule has 0 aromatic heterocycles. The lowest BCUT2D eigenvalue weighted by Gasteiger charge is -2.27. The number of ether oxygens (including phenoxy) is 2. The molecule has 1 N–H and O–H groups in total. The van der Waals surface area contributed by atoms with Crippen LogP contribution in [0.15, 0.2) is 0 Å². The van der Waals surface area contributed by atoms with Gasteiger partial charge in [-0.1, -0.05) is 6.92 Å². The fourth-order valence-corrected chi connectivity index (χ4v) is 1.88. The molecule has 0 bridgehead atoms. The van der Waals surface area contributed by atoms with Gasteiger partial charge < -0.3 is 14.8 Å². The van der Waals surface area contributed by atoms with Crippen LogP contribution in [-0.4, -0.2) is 38.4 Å². The summed E-state index contributed by atoms with van der Waals surface area (Å²) in [6.07, 6.45) is 4.28. The van der Waals surface area contributed by atoms with Crippen molar-refractivity contribution in [3.63, 3.8) is 0 Å². The zero-order valence-corrected chi connectivity index (χ0v) is 9.62. The molecule has 0 aromatic carbocycles. The third kappa shape index (κ3) is 4.62. The summed E-state index contributed by atoms with van der Waals surface area (Å²) in [6.45, 7) is 3.07. The van der Waals surface area contributed by atoms with Crippen molar-refractivity contribution in [3.05, 3.63) is 0 Å². The molecule has 2 atom stereocenters. The van der Waals surface area contributed by atoms with Crippen LogP contribution < -0.4 is 5.32 Å². The van der Waals surface area contributed by atoms with E-state index in [2.05, 4.69) is 5.32 Å². The van der Waals surface area contributed by atoms with Gasteiger partial charge in [-0.05, 0) is 25.8 Å². The van der Waals surface area contributed by atoms with Crippen LogP contribution >= 0.6 is 0 Å². The number of hydrogen-bond acceptors (Lipinski definition) is 4. The number of likely N-dealkylation sites (N-methyl/N-ethyl adjacent to an activating group) is 1. The quantitative estimate of drug-likeness (QED) is 0.698. The molecule has 4 nitrogen and oxygen atoms in total. The molecule has 1 fully saturated rings. The molecule has 1 aliphatic rings. The molecule has 1 aliphatic carbocycles. The van der Waals surface area contributed by atoms with Crippen molar-refractivity contribution in [2.75, 3.05) is 20.2 Å². The van der Waals surface area contributed by atoms with Gasteiger partial charge >= 0.3 is 5.97 Å². The molecule has 88 valence electrons. The van der Waals surface area contributed by atoms with Gasteiger partial charge in [0.05, 0.1) is 12.6 Å². The van der Waals surface area contributed by atoms with Crippen LogP contribution in [0.5, 0.6) is 0 Å². The molecular formula is C11H21NO3. The average Bonchev–Trinajstić information content (AvgIpc) is 2.26.